The number of benzene rings is 2. The van der Waals surface area contributed by atoms with Crippen LogP contribution < -0.4 is 0 Å². The van der Waals surface area contributed by atoms with Gasteiger partial charge in [0.15, 0.2) is 0 Å². The monoisotopic (exact) mass is 389 g/mol. The second kappa shape index (κ2) is 7.31. The first kappa shape index (κ1) is 18.6. The van der Waals surface area contributed by atoms with Crippen LogP contribution in [0, 0.1) is 6.92 Å². The molecule has 2 heterocycles. The van der Waals surface area contributed by atoms with Gasteiger partial charge in [-0.25, -0.2) is 0 Å². The van der Waals surface area contributed by atoms with Gasteiger partial charge in [0.2, 0.25) is 0 Å². The molecule has 1 amide bonds. The number of aromatic hydroxyl groups is 1. The summed E-state index contributed by atoms with van der Waals surface area (Å²) in [5, 5.41) is 20.9. The third-order valence-electron chi connectivity index (χ3n) is 4.96. The van der Waals surface area contributed by atoms with Crippen molar-refractivity contribution in [2.24, 2.45) is 0 Å². The second-order valence-corrected chi connectivity index (χ2v) is 6.97. The number of ketones is 1. The molecule has 0 saturated carbocycles. The zero-order valence-corrected chi connectivity index (χ0v) is 15.7. The molecule has 1 aliphatic rings. The number of carbonyl (C=O) groups is 2. The number of aryl methyl sites for hydroxylation is 1. The fourth-order valence-electron chi connectivity index (χ4n) is 3.52. The van der Waals surface area contributed by atoms with Gasteiger partial charge in [-0.05, 0) is 36.8 Å². The maximum atomic E-state index is 12.9. The van der Waals surface area contributed by atoms with E-state index in [1.165, 1.54) is 23.3 Å². The van der Waals surface area contributed by atoms with Gasteiger partial charge in [0.1, 0.15) is 17.3 Å². The summed E-state index contributed by atoms with van der Waals surface area (Å²) in [7, 11) is 0. The summed E-state index contributed by atoms with van der Waals surface area (Å²) in [4.78, 5) is 27.1. The van der Waals surface area contributed by atoms with E-state index in [9.17, 15) is 19.8 Å². The van der Waals surface area contributed by atoms with Crippen molar-refractivity contribution in [2.45, 2.75) is 19.5 Å². The minimum Gasteiger partial charge on any atom is -0.508 e. The molecule has 0 aliphatic carbocycles. The fraction of sp³-hybridized carbons (Fsp3) is 0.130. The summed E-state index contributed by atoms with van der Waals surface area (Å²) >= 11 is 0. The van der Waals surface area contributed by atoms with E-state index in [4.69, 9.17) is 4.42 Å². The molecule has 6 heteroatoms. The SMILES string of the molecule is Cc1ccc(/C(O)=C2/C(=O)C(=O)N(Cc3ccco3)C2c2cccc(O)c2)cc1. The lowest BCUT2D eigenvalue weighted by molar-refractivity contribution is -0.140. The molecule has 146 valence electrons. The lowest BCUT2D eigenvalue weighted by Gasteiger charge is -2.24. The van der Waals surface area contributed by atoms with Crippen LogP contribution in [-0.2, 0) is 16.1 Å². The number of furan rings is 1. The van der Waals surface area contributed by atoms with Crippen LogP contribution in [0.2, 0.25) is 0 Å². The van der Waals surface area contributed by atoms with Crippen LogP contribution in [0.3, 0.4) is 0 Å². The van der Waals surface area contributed by atoms with E-state index in [-0.39, 0.29) is 23.6 Å². The van der Waals surface area contributed by atoms with E-state index in [0.29, 0.717) is 16.9 Å². The topological polar surface area (TPSA) is 91.0 Å². The van der Waals surface area contributed by atoms with Crippen LogP contribution in [0.4, 0.5) is 0 Å². The smallest absolute Gasteiger partial charge is 0.296 e. The third kappa shape index (κ3) is 3.40. The van der Waals surface area contributed by atoms with Gasteiger partial charge in [-0.2, -0.15) is 0 Å². The maximum Gasteiger partial charge on any atom is 0.296 e. The summed E-state index contributed by atoms with van der Waals surface area (Å²) in [6.07, 6.45) is 1.49. The number of amides is 1. The van der Waals surface area contributed by atoms with Crippen molar-refractivity contribution in [3.05, 3.63) is 95.0 Å². The van der Waals surface area contributed by atoms with Gasteiger partial charge in [-0.3, -0.25) is 9.59 Å². The normalized spacial score (nSPS) is 18.4. The molecule has 2 N–H and O–H groups in total. The number of hydrogen-bond donors (Lipinski definition) is 2. The standard InChI is InChI=1S/C23H19NO5/c1-14-7-9-15(10-8-14)21(26)19-20(16-4-2-5-17(25)12-16)24(23(28)22(19)27)13-18-6-3-11-29-18/h2-12,20,25-26H,13H2,1H3/b21-19-. The van der Waals surface area contributed by atoms with E-state index in [1.807, 2.05) is 19.1 Å². The quantitative estimate of drug-likeness (QED) is 0.401. The average Bonchev–Trinajstić information content (AvgIpc) is 3.30. The lowest BCUT2D eigenvalue weighted by Crippen LogP contribution is -2.29. The Balaban J connectivity index is 1.87. The minimum atomic E-state index is -0.853. The molecule has 4 rings (SSSR count). The van der Waals surface area contributed by atoms with E-state index in [2.05, 4.69) is 0 Å². The molecule has 1 unspecified atom stereocenters. The van der Waals surface area contributed by atoms with Gasteiger partial charge in [-0.1, -0.05) is 42.0 Å². The Morgan fingerprint density at radius 3 is 2.48 bits per heavy atom. The number of phenols is 1. The molecule has 29 heavy (non-hydrogen) atoms. The summed E-state index contributed by atoms with van der Waals surface area (Å²) in [5.41, 5.74) is 1.95. The first-order valence-electron chi connectivity index (χ1n) is 9.12. The van der Waals surface area contributed by atoms with Gasteiger partial charge in [0.05, 0.1) is 24.4 Å². The molecule has 0 spiro atoms. The van der Waals surface area contributed by atoms with Crippen LogP contribution in [0.15, 0.2) is 76.9 Å². The Kier molecular flexibility index (Phi) is 4.68. The molecule has 1 aromatic heterocycles. The third-order valence-corrected chi connectivity index (χ3v) is 4.96. The average molecular weight is 389 g/mol. The van der Waals surface area contributed by atoms with Crippen molar-refractivity contribution in [3.8, 4) is 5.75 Å². The first-order valence-corrected chi connectivity index (χ1v) is 9.12. The molecule has 0 radical (unpaired) electrons. The zero-order valence-electron chi connectivity index (χ0n) is 15.7. The largest absolute Gasteiger partial charge is 0.508 e. The molecule has 1 aliphatic heterocycles. The summed E-state index contributed by atoms with van der Waals surface area (Å²) in [5.74, 6) is -1.25. The number of nitrogens with zero attached hydrogens (tertiary/aromatic N) is 1. The zero-order chi connectivity index (χ0) is 20.5. The molecular weight excluding hydrogens is 370 g/mol. The highest BCUT2D eigenvalue weighted by Crippen LogP contribution is 2.41. The maximum absolute atomic E-state index is 12.9. The summed E-state index contributed by atoms with van der Waals surface area (Å²) < 4.78 is 5.35. The van der Waals surface area contributed by atoms with Crippen LogP contribution in [0.25, 0.3) is 5.76 Å². The predicted molar refractivity (Wildman–Crippen MR) is 106 cm³/mol. The van der Waals surface area contributed by atoms with Crippen LogP contribution >= 0.6 is 0 Å². The highest BCUT2D eigenvalue weighted by Gasteiger charge is 2.46. The number of rotatable bonds is 4. The van der Waals surface area contributed by atoms with Crippen molar-refractivity contribution < 1.29 is 24.2 Å². The molecule has 1 saturated heterocycles. The van der Waals surface area contributed by atoms with Crippen molar-refractivity contribution in [1.29, 1.82) is 0 Å². The Bertz CT molecular complexity index is 1100. The Hall–Kier alpha value is -3.80. The Labute approximate surface area is 167 Å². The molecule has 1 fully saturated rings. The summed E-state index contributed by atoms with van der Waals surface area (Å²) in [6, 6.07) is 15.9. The van der Waals surface area contributed by atoms with Gasteiger partial charge in [-0.15, -0.1) is 0 Å². The van der Waals surface area contributed by atoms with Gasteiger partial charge < -0.3 is 19.5 Å². The Morgan fingerprint density at radius 1 is 1.07 bits per heavy atom. The molecular formula is C23H19NO5. The van der Waals surface area contributed by atoms with E-state index < -0.39 is 17.7 Å². The van der Waals surface area contributed by atoms with Crippen LogP contribution in [0.1, 0.15) is 28.5 Å². The number of likely N-dealkylation sites (tertiary alicyclic amines) is 1. The minimum absolute atomic E-state index is 0.00132. The first-order chi connectivity index (χ1) is 14.0. The van der Waals surface area contributed by atoms with Crippen molar-refractivity contribution >= 4 is 17.4 Å². The van der Waals surface area contributed by atoms with Crippen molar-refractivity contribution in [3.63, 3.8) is 0 Å². The van der Waals surface area contributed by atoms with E-state index in [0.717, 1.165) is 5.56 Å². The number of hydrogen-bond acceptors (Lipinski definition) is 5. The molecule has 3 aromatic rings. The lowest BCUT2D eigenvalue weighted by atomic mass is 9.95. The van der Waals surface area contributed by atoms with Gasteiger partial charge in [0.25, 0.3) is 11.7 Å². The highest BCUT2D eigenvalue weighted by atomic mass is 16.3. The fourth-order valence-corrected chi connectivity index (χ4v) is 3.52. The second-order valence-electron chi connectivity index (χ2n) is 6.97. The molecule has 2 aromatic carbocycles. The highest BCUT2D eigenvalue weighted by molar-refractivity contribution is 6.46. The van der Waals surface area contributed by atoms with E-state index in [1.54, 1.807) is 36.4 Å². The van der Waals surface area contributed by atoms with Crippen LogP contribution in [-0.4, -0.2) is 26.8 Å². The number of aliphatic hydroxyl groups is 1. The predicted octanol–water partition coefficient (Wildman–Crippen LogP) is 3.92. The number of aliphatic hydroxyl groups excluding tert-OH is 1. The Morgan fingerprint density at radius 2 is 1.83 bits per heavy atom. The van der Waals surface area contributed by atoms with Crippen molar-refractivity contribution in [1.82, 2.24) is 4.90 Å². The summed E-state index contributed by atoms with van der Waals surface area (Å²) in [6.45, 7) is 1.97. The van der Waals surface area contributed by atoms with E-state index >= 15 is 0 Å². The number of Topliss-reactive ketones (excluding diaryl/α,β-unsaturated/α-hetero) is 1. The van der Waals surface area contributed by atoms with Crippen LogP contribution in [0.5, 0.6) is 5.75 Å². The number of carbonyl (C=O) groups excluding carboxylic acids is 2. The van der Waals surface area contributed by atoms with Gasteiger partial charge >= 0.3 is 0 Å². The number of phenolic OH excluding ortho intramolecular Hbond substituents is 1. The molecule has 0 bridgehead atoms. The molecule has 1 atom stereocenters. The van der Waals surface area contributed by atoms with Crippen molar-refractivity contribution in [2.75, 3.05) is 0 Å². The van der Waals surface area contributed by atoms with Gasteiger partial charge in [0, 0.05) is 5.56 Å². The molecule has 6 nitrogen and oxygen atoms in total.